The zero-order valence-corrected chi connectivity index (χ0v) is 20.6. The number of aromatic nitrogens is 1. The Morgan fingerprint density at radius 2 is 2.00 bits per heavy atom. The molecule has 2 saturated heterocycles. The van der Waals surface area contributed by atoms with Crippen LogP contribution >= 0.6 is 23.2 Å². The van der Waals surface area contributed by atoms with E-state index >= 15 is 0 Å². The van der Waals surface area contributed by atoms with Gasteiger partial charge in [0, 0.05) is 48.8 Å². The number of hydrogen-bond acceptors (Lipinski definition) is 4. The van der Waals surface area contributed by atoms with E-state index in [1.54, 1.807) is 0 Å². The molecule has 1 amide bonds. The molecule has 2 fully saturated rings. The number of hydrogen-bond donors (Lipinski definition) is 2. The summed E-state index contributed by atoms with van der Waals surface area (Å²) >= 11 is 12.9. The van der Waals surface area contributed by atoms with Crippen LogP contribution < -0.4 is 10.6 Å². The fourth-order valence-corrected chi connectivity index (χ4v) is 5.60. The molecule has 0 radical (unpaired) electrons. The predicted octanol–water partition coefficient (Wildman–Crippen LogP) is 4.50. The molecular formula is C26H30Cl2N4O2. The minimum atomic E-state index is -0.114. The van der Waals surface area contributed by atoms with Gasteiger partial charge in [0.15, 0.2) is 0 Å². The maximum Gasteiger partial charge on any atom is 0.253 e. The number of benzene rings is 2. The Morgan fingerprint density at radius 1 is 1.18 bits per heavy atom. The van der Waals surface area contributed by atoms with Crippen LogP contribution in [-0.4, -0.2) is 60.8 Å². The Balaban J connectivity index is 1.39. The van der Waals surface area contributed by atoms with E-state index in [2.05, 4.69) is 26.2 Å². The molecule has 2 atom stereocenters. The number of fused-ring (bicyclic) bond motifs is 1. The van der Waals surface area contributed by atoms with Crippen LogP contribution in [0, 0.1) is 0 Å². The van der Waals surface area contributed by atoms with Crippen molar-refractivity contribution in [1.29, 1.82) is 0 Å². The largest absolute Gasteiger partial charge is 0.379 e. The van der Waals surface area contributed by atoms with Gasteiger partial charge in [-0.15, -0.1) is 0 Å². The first kappa shape index (κ1) is 23.6. The zero-order chi connectivity index (χ0) is 23.5. The van der Waals surface area contributed by atoms with Crippen LogP contribution in [0.1, 0.15) is 34.8 Å². The molecule has 0 saturated carbocycles. The number of halogens is 2. The summed E-state index contributed by atoms with van der Waals surface area (Å²) in [6, 6.07) is 14.1. The zero-order valence-electron chi connectivity index (χ0n) is 19.1. The second-order valence-corrected chi connectivity index (χ2v) is 9.90. The summed E-state index contributed by atoms with van der Waals surface area (Å²) in [5.74, 6) is -0.114. The molecule has 8 heteroatoms. The van der Waals surface area contributed by atoms with Crippen molar-refractivity contribution >= 4 is 40.0 Å². The van der Waals surface area contributed by atoms with Crippen molar-refractivity contribution in [1.82, 2.24) is 20.1 Å². The number of amides is 1. The van der Waals surface area contributed by atoms with Gasteiger partial charge in [-0.2, -0.15) is 0 Å². The summed E-state index contributed by atoms with van der Waals surface area (Å²) in [6.45, 7) is 5.33. The molecule has 180 valence electrons. The topological polar surface area (TPSA) is 58.5 Å². The molecule has 0 aliphatic carbocycles. The van der Waals surface area contributed by atoms with Gasteiger partial charge in [0.25, 0.3) is 5.91 Å². The lowest BCUT2D eigenvalue weighted by molar-refractivity contribution is 0.0162. The number of nitrogens with one attached hydrogen (secondary N) is 2. The molecule has 3 heterocycles. The maximum atomic E-state index is 13.5. The normalized spacial score (nSPS) is 20.0. The van der Waals surface area contributed by atoms with Crippen LogP contribution in [-0.2, 0) is 11.3 Å². The number of morpholine rings is 1. The Hall–Kier alpha value is -2.09. The molecule has 2 N–H and O–H groups in total. The molecule has 2 aliphatic rings. The number of ether oxygens (including phenoxy) is 1. The monoisotopic (exact) mass is 500 g/mol. The van der Waals surface area contributed by atoms with E-state index in [1.807, 2.05) is 42.6 Å². The summed E-state index contributed by atoms with van der Waals surface area (Å²) in [4.78, 5) is 15.8. The van der Waals surface area contributed by atoms with Crippen molar-refractivity contribution in [2.24, 2.45) is 0 Å². The number of rotatable bonds is 7. The first-order valence-corrected chi connectivity index (χ1v) is 12.7. The molecule has 0 spiro atoms. The van der Waals surface area contributed by atoms with Crippen molar-refractivity contribution in [2.45, 2.75) is 31.5 Å². The highest BCUT2D eigenvalue weighted by atomic mass is 35.5. The van der Waals surface area contributed by atoms with E-state index in [1.165, 1.54) is 6.42 Å². The third-order valence-corrected chi connectivity index (χ3v) is 7.41. The van der Waals surface area contributed by atoms with Gasteiger partial charge >= 0.3 is 0 Å². The number of nitrogens with zero attached hydrogens (tertiary/aromatic N) is 2. The van der Waals surface area contributed by atoms with Crippen molar-refractivity contribution in [2.75, 3.05) is 39.4 Å². The average molecular weight is 501 g/mol. The van der Waals surface area contributed by atoms with Crippen LogP contribution in [0.2, 0.25) is 10.0 Å². The van der Waals surface area contributed by atoms with Crippen molar-refractivity contribution in [3.63, 3.8) is 0 Å². The smallest absolute Gasteiger partial charge is 0.253 e. The summed E-state index contributed by atoms with van der Waals surface area (Å²) < 4.78 is 7.71. The summed E-state index contributed by atoms with van der Waals surface area (Å²) in [5.41, 5.74) is 2.69. The van der Waals surface area contributed by atoms with Crippen molar-refractivity contribution < 1.29 is 9.53 Å². The Kier molecular flexibility index (Phi) is 7.42. The third-order valence-electron chi connectivity index (χ3n) is 6.86. The molecule has 5 rings (SSSR count). The SMILES string of the molecule is O=C(NCC(c1cccc(Cl)c1)N1CCOCC1)c1cn(C[C@@H]2CCCN2)c2cccc(Cl)c12. The molecule has 0 bridgehead atoms. The Bertz CT molecular complexity index is 1150. The van der Waals surface area contributed by atoms with Gasteiger partial charge < -0.3 is 19.9 Å². The highest BCUT2D eigenvalue weighted by Crippen LogP contribution is 2.30. The quantitative estimate of drug-likeness (QED) is 0.501. The van der Waals surface area contributed by atoms with Crippen molar-refractivity contribution in [3.8, 4) is 0 Å². The Morgan fingerprint density at radius 3 is 2.76 bits per heavy atom. The fraction of sp³-hybridized carbons (Fsp3) is 0.423. The molecular weight excluding hydrogens is 471 g/mol. The lowest BCUT2D eigenvalue weighted by Gasteiger charge is -2.35. The van der Waals surface area contributed by atoms with Crippen LogP contribution in [0.3, 0.4) is 0 Å². The fourth-order valence-electron chi connectivity index (χ4n) is 5.13. The molecule has 1 unspecified atom stereocenters. The Labute approximate surface area is 210 Å². The van der Waals surface area contributed by atoms with E-state index in [4.69, 9.17) is 27.9 Å². The highest BCUT2D eigenvalue weighted by molar-refractivity contribution is 6.36. The standard InChI is InChI=1S/C26H30Cl2N4O2/c27-19-5-1-4-18(14-19)24(31-10-12-34-13-11-31)15-30-26(33)21-17-32(16-20-6-3-9-29-20)23-8-2-7-22(28)25(21)23/h1-2,4-5,7-8,14,17,20,24,29H,3,6,9-13,15-16H2,(H,30,33)/t20-,24?/m0/s1. The van der Waals surface area contributed by atoms with Crippen LogP contribution in [0.4, 0.5) is 0 Å². The van der Waals surface area contributed by atoms with Gasteiger partial charge in [-0.25, -0.2) is 0 Å². The first-order chi connectivity index (χ1) is 16.6. The number of carbonyl (C=O) groups excluding carboxylic acids is 1. The number of carbonyl (C=O) groups is 1. The van der Waals surface area contributed by atoms with Gasteiger partial charge in [0.2, 0.25) is 0 Å². The minimum Gasteiger partial charge on any atom is -0.379 e. The van der Waals surface area contributed by atoms with E-state index in [9.17, 15) is 4.79 Å². The van der Waals surface area contributed by atoms with E-state index < -0.39 is 0 Å². The van der Waals surface area contributed by atoms with Gasteiger partial charge in [-0.3, -0.25) is 9.69 Å². The second-order valence-electron chi connectivity index (χ2n) is 9.05. The van der Waals surface area contributed by atoms with Crippen molar-refractivity contribution in [3.05, 3.63) is 69.8 Å². The van der Waals surface area contributed by atoms with Crippen LogP contribution in [0.25, 0.3) is 10.9 Å². The van der Waals surface area contributed by atoms with E-state index in [-0.39, 0.29) is 11.9 Å². The molecule has 34 heavy (non-hydrogen) atoms. The lowest BCUT2D eigenvalue weighted by Crippen LogP contribution is -2.43. The molecule has 2 aromatic carbocycles. The van der Waals surface area contributed by atoms with E-state index in [0.29, 0.717) is 41.4 Å². The average Bonchev–Trinajstić information content (AvgIpc) is 3.49. The van der Waals surface area contributed by atoms with Crippen LogP contribution in [0.5, 0.6) is 0 Å². The summed E-state index contributed by atoms with van der Waals surface area (Å²) in [5, 5.41) is 8.83. The first-order valence-electron chi connectivity index (χ1n) is 12.0. The third kappa shape index (κ3) is 5.11. The van der Waals surface area contributed by atoms with Gasteiger partial charge in [0.05, 0.1) is 35.4 Å². The maximum absolute atomic E-state index is 13.5. The van der Waals surface area contributed by atoms with Gasteiger partial charge in [0.1, 0.15) is 0 Å². The lowest BCUT2D eigenvalue weighted by atomic mass is 10.0. The molecule has 3 aromatic rings. The predicted molar refractivity (Wildman–Crippen MR) is 137 cm³/mol. The molecule has 1 aromatic heterocycles. The van der Waals surface area contributed by atoms with Gasteiger partial charge in [-0.05, 0) is 49.2 Å². The summed E-state index contributed by atoms with van der Waals surface area (Å²) in [7, 11) is 0. The minimum absolute atomic E-state index is 0.0121. The van der Waals surface area contributed by atoms with E-state index in [0.717, 1.165) is 49.1 Å². The molecule has 2 aliphatic heterocycles. The van der Waals surface area contributed by atoms with Gasteiger partial charge in [-0.1, -0.05) is 41.4 Å². The van der Waals surface area contributed by atoms with Crippen LogP contribution in [0.15, 0.2) is 48.7 Å². The highest BCUT2D eigenvalue weighted by Gasteiger charge is 2.25. The molecule has 6 nitrogen and oxygen atoms in total. The summed E-state index contributed by atoms with van der Waals surface area (Å²) in [6.07, 6.45) is 4.28. The second kappa shape index (κ2) is 10.7.